The molecule has 0 amide bonds. The van der Waals surface area contributed by atoms with Gasteiger partial charge in [0.2, 0.25) is 0 Å². The highest BCUT2D eigenvalue weighted by Crippen LogP contribution is 2.37. The summed E-state index contributed by atoms with van der Waals surface area (Å²) in [5.41, 5.74) is 1.21. The Hall–Kier alpha value is -1.92. The molecule has 4 rings (SSSR count). The number of ether oxygens (including phenoxy) is 2. The van der Waals surface area contributed by atoms with Gasteiger partial charge in [-0.2, -0.15) is 5.10 Å². The highest BCUT2D eigenvalue weighted by atomic mass is 16.6. The number of rotatable bonds is 4. The molecule has 0 aromatic carbocycles. The van der Waals surface area contributed by atoms with Crippen LogP contribution < -0.4 is 4.74 Å². The molecule has 0 saturated carbocycles. The van der Waals surface area contributed by atoms with Gasteiger partial charge in [0, 0.05) is 51.1 Å². The molecular formula is C17H22N4O2. The first-order valence-electron chi connectivity index (χ1n) is 8.11. The monoisotopic (exact) mass is 314 g/mol. The van der Waals surface area contributed by atoms with Crippen LogP contribution >= 0.6 is 0 Å². The Morgan fingerprint density at radius 2 is 2.39 bits per heavy atom. The summed E-state index contributed by atoms with van der Waals surface area (Å²) >= 11 is 0. The fraction of sp³-hybridized carbons (Fsp3) is 0.529. The van der Waals surface area contributed by atoms with Gasteiger partial charge in [0.15, 0.2) is 0 Å². The first-order chi connectivity index (χ1) is 11.2. The van der Waals surface area contributed by atoms with Crippen molar-refractivity contribution in [1.29, 1.82) is 0 Å². The third-order valence-electron chi connectivity index (χ3n) is 4.67. The van der Waals surface area contributed by atoms with Crippen molar-refractivity contribution in [2.45, 2.75) is 31.1 Å². The topological polar surface area (TPSA) is 52.4 Å². The van der Waals surface area contributed by atoms with Gasteiger partial charge in [0.05, 0.1) is 24.6 Å². The molecule has 23 heavy (non-hydrogen) atoms. The molecule has 4 heterocycles. The first-order valence-corrected chi connectivity index (χ1v) is 8.11. The van der Waals surface area contributed by atoms with Gasteiger partial charge >= 0.3 is 0 Å². The van der Waals surface area contributed by atoms with E-state index in [1.807, 2.05) is 30.1 Å². The molecule has 0 bridgehead atoms. The lowest BCUT2D eigenvalue weighted by Gasteiger charge is -2.23. The average Bonchev–Trinajstić information content (AvgIpc) is 3.24. The molecule has 1 spiro atoms. The maximum atomic E-state index is 6.15. The highest BCUT2D eigenvalue weighted by Gasteiger charge is 2.46. The van der Waals surface area contributed by atoms with Crippen LogP contribution in [0.1, 0.15) is 18.4 Å². The van der Waals surface area contributed by atoms with Crippen molar-refractivity contribution in [3.63, 3.8) is 0 Å². The fourth-order valence-corrected chi connectivity index (χ4v) is 3.65. The minimum atomic E-state index is -0.0465. The Bertz CT molecular complexity index is 660. The smallest absolute Gasteiger partial charge is 0.138 e. The largest absolute Gasteiger partial charge is 0.486 e. The Labute approximate surface area is 136 Å². The summed E-state index contributed by atoms with van der Waals surface area (Å²) in [7, 11) is 1.95. The summed E-state index contributed by atoms with van der Waals surface area (Å²) in [6.07, 6.45) is 9.67. The van der Waals surface area contributed by atoms with Gasteiger partial charge in [0.25, 0.3) is 0 Å². The molecule has 0 N–H and O–H groups in total. The lowest BCUT2D eigenvalue weighted by atomic mass is 9.98. The van der Waals surface area contributed by atoms with Crippen LogP contribution in [-0.4, -0.2) is 51.1 Å². The Morgan fingerprint density at radius 1 is 1.43 bits per heavy atom. The first kappa shape index (κ1) is 14.7. The van der Waals surface area contributed by atoms with Crippen LogP contribution in [0.3, 0.4) is 0 Å². The molecule has 2 aliphatic rings. The molecule has 2 unspecified atom stereocenters. The molecule has 2 fully saturated rings. The number of likely N-dealkylation sites (tertiary alicyclic amines) is 1. The SMILES string of the molecule is Cn1cc(CN2CCC3(CC(Oc4cccnc4)CO3)C2)cn1. The Morgan fingerprint density at radius 3 is 3.17 bits per heavy atom. The second kappa shape index (κ2) is 5.94. The molecule has 2 aliphatic heterocycles. The lowest BCUT2D eigenvalue weighted by Crippen LogP contribution is -2.33. The molecule has 2 aromatic rings. The van der Waals surface area contributed by atoms with Crippen LogP contribution in [-0.2, 0) is 18.3 Å². The zero-order valence-corrected chi connectivity index (χ0v) is 13.4. The number of aromatic nitrogens is 3. The second-order valence-corrected chi connectivity index (χ2v) is 6.61. The van der Waals surface area contributed by atoms with Gasteiger partial charge in [-0.15, -0.1) is 0 Å². The summed E-state index contributed by atoms with van der Waals surface area (Å²) in [5.74, 6) is 0.823. The van der Waals surface area contributed by atoms with Gasteiger partial charge < -0.3 is 9.47 Å². The zero-order chi connectivity index (χ0) is 15.7. The van der Waals surface area contributed by atoms with Crippen LogP contribution in [0.4, 0.5) is 0 Å². The zero-order valence-electron chi connectivity index (χ0n) is 13.4. The van der Waals surface area contributed by atoms with Gasteiger partial charge in [-0.05, 0) is 18.6 Å². The predicted octanol–water partition coefficient (Wildman–Crippen LogP) is 1.63. The van der Waals surface area contributed by atoms with E-state index in [9.17, 15) is 0 Å². The van der Waals surface area contributed by atoms with E-state index >= 15 is 0 Å². The predicted molar refractivity (Wildman–Crippen MR) is 85.1 cm³/mol. The van der Waals surface area contributed by atoms with E-state index in [2.05, 4.69) is 21.2 Å². The fourth-order valence-electron chi connectivity index (χ4n) is 3.65. The molecule has 2 saturated heterocycles. The average molecular weight is 314 g/mol. The van der Waals surface area contributed by atoms with Gasteiger partial charge in [-0.25, -0.2) is 0 Å². The number of hydrogen-bond acceptors (Lipinski definition) is 5. The normalized spacial score (nSPS) is 27.8. The molecule has 2 atom stereocenters. The van der Waals surface area contributed by atoms with E-state index in [1.165, 1.54) is 5.56 Å². The summed E-state index contributed by atoms with van der Waals surface area (Å²) in [5, 5.41) is 4.24. The van der Waals surface area contributed by atoms with E-state index in [1.54, 1.807) is 12.4 Å². The second-order valence-electron chi connectivity index (χ2n) is 6.61. The molecule has 0 aliphatic carbocycles. The number of aryl methyl sites for hydroxylation is 1. The number of nitrogens with zero attached hydrogens (tertiary/aromatic N) is 4. The minimum absolute atomic E-state index is 0.0465. The van der Waals surface area contributed by atoms with E-state index < -0.39 is 0 Å². The van der Waals surface area contributed by atoms with Gasteiger partial charge in [0.1, 0.15) is 11.9 Å². The van der Waals surface area contributed by atoms with Crippen molar-refractivity contribution in [2.75, 3.05) is 19.7 Å². The van der Waals surface area contributed by atoms with Crippen LogP contribution in [0.2, 0.25) is 0 Å². The number of hydrogen-bond donors (Lipinski definition) is 0. The van der Waals surface area contributed by atoms with Crippen molar-refractivity contribution in [3.05, 3.63) is 42.5 Å². The molecule has 122 valence electrons. The summed E-state index contributed by atoms with van der Waals surface area (Å²) in [6, 6.07) is 3.84. The molecular weight excluding hydrogens is 292 g/mol. The van der Waals surface area contributed by atoms with E-state index in [-0.39, 0.29) is 11.7 Å². The van der Waals surface area contributed by atoms with E-state index in [0.717, 1.165) is 38.2 Å². The maximum absolute atomic E-state index is 6.15. The molecule has 0 radical (unpaired) electrons. The summed E-state index contributed by atoms with van der Waals surface area (Å²) in [4.78, 5) is 6.54. The van der Waals surface area contributed by atoms with Crippen LogP contribution in [0, 0.1) is 0 Å². The van der Waals surface area contributed by atoms with Crippen molar-refractivity contribution in [2.24, 2.45) is 7.05 Å². The maximum Gasteiger partial charge on any atom is 0.138 e. The third kappa shape index (κ3) is 3.23. The Kier molecular flexibility index (Phi) is 3.79. The van der Waals surface area contributed by atoms with E-state index in [4.69, 9.17) is 9.47 Å². The number of pyridine rings is 1. The molecule has 6 nitrogen and oxygen atoms in total. The van der Waals surface area contributed by atoms with Crippen molar-refractivity contribution >= 4 is 0 Å². The third-order valence-corrected chi connectivity index (χ3v) is 4.67. The van der Waals surface area contributed by atoms with Crippen LogP contribution in [0.5, 0.6) is 5.75 Å². The lowest BCUT2D eigenvalue weighted by molar-refractivity contribution is 0.00934. The minimum Gasteiger partial charge on any atom is -0.486 e. The van der Waals surface area contributed by atoms with Crippen molar-refractivity contribution < 1.29 is 9.47 Å². The Balaban J connectivity index is 1.34. The molecule has 2 aromatic heterocycles. The quantitative estimate of drug-likeness (QED) is 0.858. The van der Waals surface area contributed by atoms with Gasteiger partial charge in [-0.3, -0.25) is 14.6 Å². The van der Waals surface area contributed by atoms with E-state index in [0.29, 0.717) is 6.61 Å². The summed E-state index contributed by atoms with van der Waals surface area (Å²) in [6.45, 7) is 3.63. The highest BCUT2D eigenvalue weighted by molar-refractivity contribution is 5.16. The van der Waals surface area contributed by atoms with Gasteiger partial charge in [-0.1, -0.05) is 0 Å². The van der Waals surface area contributed by atoms with Crippen LogP contribution in [0.15, 0.2) is 36.9 Å². The van der Waals surface area contributed by atoms with Crippen molar-refractivity contribution in [1.82, 2.24) is 19.7 Å². The standard InChI is InChI=1S/C17H22N4O2/c1-20-10-14(8-19-20)11-21-6-4-17(13-21)7-16(12-22-17)23-15-3-2-5-18-9-15/h2-3,5,8-10,16H,4,6-7,11-13H2,1H3. The molecule has 6 heteroatoms. The summed E-state index contributed by atoms with van der Waals surface area (Å²) < 4.78 is 14.0. The van der Waals surface area contributed by atoms with Crippen LogP contribution in [0.25, 0.3) is 0 Å². The van der Waals surface area contributed by atoms with Crippen molar-refractivity contribution in [3.8, 4) is 5.75 Å².